The van der Waals surface area contributed by atoms with Crippen molar-refractivity contribution in [1.29, 1.82) is 0 Å². The van der Waals surface area contributed by atoms with Gasteiger partial charge < -0.3 is 15.0 Å². The molecule has 1 aliphatic heterocycles. The molecule has 0 unspecified atom stereocenters. The lowest BCUT2D eigenvalue weighted by molar-refractivity contribution is -0.384. The molecule has 9 nitrogen and oxygen atoms in total. The minimum absolute atomic E-state index is 0.0710. The van der Waals surface area contributed by atoms with Crippen LogP contribution in [-0.2, 0) is 0 Å². The van der Waals surface area contributed by atoms with E-state index in [0.29, 0.717) is 30.8 Å². The molecule has 1 N–H and O–H groups in total. The zero-order chi connectivity index (χ0) is 25.7. The molecule has 0 saturated heterocycles. The summed E-state index contributed by atoms with van der Waals surface area (Å²) in [6, 6.07) is 14.6. The fourth-order valence-corrected chi connectivity index (χ4v) is 4.97. The number of halogens is 1. The van der Waals surface area contributed by atoms with Crippen molar-refractivity contribution in [2.75, 3.05) is 18.4 Å². The minimum atomic E-state index is -0.522. The number of non-ortho nitro benzene ring substituents is 1. The maximum Gasteiger partial charge on any atom is 0.415 e. The lowest BCUT2D eigenvalue weighted by Crippen LogP contribution is -2.38. The first-order chi connectivity index (χ1) is 17.4. The molecule has 4 rings (SSSR count). The van der Waals surface area contributed by atoms with Crippen molar-refractivity contribution < 1.29 is 19.2 Å². The first kappa shape index (κ1) is 25.2. The van der Waals surface area contributed by atoms with Crippen LogP contribution in [0.25, 0.3) is 5.57 Å². The monoisotopic (exact) mass is 598 g/mol. The molecule has 0 fully saturated rings. The van der Waals surface area contributed by atoms with Gasteiger partial charge in [0, 0.05) is 46.9 Å². The molecular weight excluding hydrogens is 575 g/mol. The summed E-state index contributed by atoms with van der Waals surface area (Å²) in [5, 5.41) is 13.7. The summed E-state index contributed by atoms with van der Waals surface area (Å²) >= 11 is -0.522. The zero-order valence-electron chi connectivity index (χ0n) is 19.4. The van der Waals surface area contributed by atoms with Crippen molar-refractivity contribution in [3.63, 3.8) is 0 Å². The Morgan fingerprint density at radius 1 is 1.14 bits per heavy atom. The molecule has 2 heterocycles. The van der Waals surface area contributed by atoms with Gasteiger partial charge >= 0.3 is 6.09 Å². The van der Waals surface area contributed by atoms with E-state index < -0.39 is 31.7 Å². The van der Waals surface area contributed by atoms with Gasteiger partial charge in [-0.25, -0.2) is 4.79 Å². The number of benzene rings is 2. The smallest absolute Gasteiger partial charge is 0.410 e. The minimum Gasteiger partial charge on any atom is -0.410 e. The summed E-state index contributed by atoms with van der Waals surface area (Å²) < 4.78 is 10.3. The molecule has 10 heteroatoms. The van der Waals surface area contributed by atoms with E-state index in [0.717, 1.165) is 14.7 Å². The molecule has 0 radical (unpaired) electrons. The second-order valence-corrected chi connectivity index (χ2v) is 10.00. The fourth-order valence-electron chi connectivity index (χ4n) is 3.77. The SMILES string of the molecule is C=Ic1cnccc1C(=O)Nc1ccc(C2=C(C)CCN(C(=O)Oc3ccc([N+](=O)[O-])cc3)C2)cc1. The summed E-state index contributed by atoms with van der Waals surface area (Å²) in [5.74, 6) is 0.0496. The summed E-state index contributed by atoms with van der Waals surface area (Å²) in [6.45, 7) is 2.92. The van der Waals surface area contributed by atoms with E-state index in [1.165, 1.54) is 29.8 Å². The third kappa shape index (κ3) is 5.82. The molecule has 3 aromatic rings. The van der Waals surface area contributed by atoms with Gasteiger partial charge in [-0.2, -0.15) is 0 Å². The Labute approximate surface area is 217 Å². The second kappa shape index (κ2) is 11.2. The molecule has 2 aromatic carbocycles. The second-order valence-electron chi connectivity index (χ2n) is 8.07. The number of nitro benzene ring substituents is 1. The largest absolute Gasteiger partial charge is 0.415 e. The van der Waals surface area contributed by atoms with Crippen LogP contribution in [0.1, 0.15) is 29.3 Å². The zero-order valence-corrected chi connectivity index (χ0v) is 21.6. The van der Waals surface area contributed by atoms with E-state index >= 15 is 0 Å². The standard InChI is InChI=1S/C26H23IN4O5/c1-17-12-14-30(26(33)36-21-9-7-20(8-10-21)31(34)35)16-23(17)18-3-5-19(6-4-18)29-25(32)22-11-13-28-15-24(22)27-2/h3-11,13,15H,2,12,14,16H2,1H3,(H,29,32). The summed E-state index contributed by atoms with van der Waals surface area (Å²) in [7, 11) is 0. The number of nitrogens with one attached hydrogen (secondary N) is 1. The number of carbonyl (C=O) groups excluding carboxylic acids is 2. The van der Waals surface area contributed by atoms with Crippen LogP contribution < -0.4 is 10.1 Å². The summed E-state index contributed by atoms with van der Waals surface area (Å²) in [6.07, 6.45) is 3.47. The predicted molar refractivity (Wildman–Crippen MR) is 146 cm³/mol. The van der Waals surface area contributed by atoms with Gasteiger partial charge in [0.1, 0.15) is 5.75 Å². The van der Waals surface area contributed by atoms with E-state index in [1.807, 2.05) is 31.2 Å². The maximum absolute atomic E-state index is 12.7. The highest BCUT2D eigenvalue weighted by molar-refractivity contribution is 14.2. The van der Waals surface area contributed by atoms with Gasteiger partial charge in [-0.15, -0.1) is 0 Å². The number of nitrogens with zero attached hydrogens (tertiary/aromatic N) is 3. The summed E-state index contributed by atoms with van der Waals surface area (Å²) in [5.41, 5.74) is 4.32. The Hall–Kier alpha value is -3.93. The highest BCUT2D eigenvalue weighted by Crippen LogP contribution is 2.28. The van der Waals surface area contributed by atoms with Gasteiger partial charge in [-0.05, 0) is 54.8 Å². The molecule has 2 amide bonds. The molecule has 36 heavy (non-hydrogen) atoms. The Morgan fingerprint density at radius 2 is 1.86 bits per heavy atom. The van der Waals surface area contributed by atoms with Crippen molar-refractivity contribution in [3.8, 4) is 5.75 Å². The number of hydrogen-bond acceptors (Lipinski definition) is 6. The number of ether oxygens (including phenoxy) is 1. The van der Waals surface area contributed by atoms with Crippen molar-refractivity contribution in [2.24, 2.45) is 0 Å². The van der Waals surface area contributed by atoms with Crippen molar-refractivity contribution in [1.82, 2.24) is 9.88 Å². The van der Waals surface area contributed by atoms with E-state index in [9.17, 15) is 19.7 Å². The van der Waals surface area contributed by atoms with Gasteiger partial charge in [0.05, 0.1) is 10.5 Å². The maximum atomic E-state index is 12.7. The number of anilines is 1. The number of amides is 2. The quantitative estimate of drug-likeness (QED) is 0.228. The van der Waals surface area contributed by atoms with E-state index in [2.05, 4.69) is 14.8 Å². The average molecular weight is 598 g/mol. The van der Waals surface area contributed by atoms with Gasteiger partial charge in [0.15, 0.2) is 0 Å². The van der Waals surface area contributed by atoms with Crippen LogP contribution in [0.2, 0.25) is 0 Å². The number of aromatic nitrogens is 1. The normalized spacial score (nSPS) is 13.3. The van der Waals surface area contributed by atoms with E-state index in [-0.39, 0.29) is 17.3 Å². The van der Waals surface area contributed by atoms with Crippen molar-refractivity contribution in [2.45, 2.75) is 13.3 Å². The first-order valence-electron chi connectivity index (χ1n) is 11.0. The molecule has 0 atom stereocenters. The number of carbonyl (C=O) groups is 2. The molecule has 1 aromatic heterocycles. The van der Waals surface area contributed by atoms with Crippen LogP contribution in [0.3, 0.4) is 0 Å². The summed E-state index contributed by atoms with van der Waals surface area (Å²) in [4.78, 5) is 41.4. The third-order valence-corrected chi connectivity index (χ3v) is 7.47. The molecular formula is C26H23IN4O5. The Morgan fingerprint density at radius 3 is 2.53 bits per heavy atom. The van der Waals surface area contributed by atoms with Gasteiger partial charge in [0.25, 0.3) is 11.6 Å². The molecule has 0 aliphatic carbocycles. The van der Waals surface area contributed by atoms with Gasteiger partial charge in [-0.3, -0.25) is 19.9 Å². The molecule has 0 saturated carbocycles. The van der Waals surface area contributed by atoms with Crippen LogP contribution in [0.4, 0.5) is 16.2 Å². The molecule has 0 bridgehead atoms. The van der Waals surface area contributed by atoms with Gasteiger partial charge in [-0.1, -0.05) is 43.0 Å². The fraction of sp³-hybridized carbons (Fsp3) is 0.154. The average Bonchev–Trinajstić information content (AvgIpc) is 2.89. The van der Waals surface area contributed by atoms with Crippen LogP contribution in [0, 0.1) is 13.7 Å². The van der Waals surface area contributed by atoms with Crippen LogP contribution in [-0.4, -0.2) is 44.4 Å². The van der Waals surface area contributed by atoms with Crippen molar-refractivity contribution >= 4 is 54.2 Å². The Balaban J connectivity index is 1.42. The van der Waals surface area contributed by atoms with Crippen molar-refractivity contribution in [3.05, 3.63) is 97.4 Å². The Kier molecular flexibility index (Phi) is 7.84. The third-order valence-electron chi connectivity index (χ3n) is 5.78. The number of hydrogen-bond donors (Lipinski definition) is 1. The van der Waals surface area contributed by atoms with Gasteiger partial charge in [0.2, 0.25) is 0 Å². The number of nitro groups is 1. The lowest BCUT2D eigenvalue weighted by Gasteiger charge is -2.29. The Bertz CT molecular complexity index is 1350. The predicted octanol–water partition coefficient (Wildman–Crippen LogP) is 5.49. The molecule has 1 aliphatic rings. The topological polar surface area (TPSA) is 115 Å². The van der Waals surface area contributed by atoms with Crippen LogP contribution in [0.15, 0.2) is 72.6 Å². The molecule has 0 spiro atoms. The first-order valence-corrected chi connectivity index (χ1v) is 13.6. The lowest BCUT2D eigenvalue weighted by atomic mass is 9.95. The van der Waals surface area contributed by atoms with E-state index in [1.54, 1.807) is 23.4 Å². The van der Waals surface area contributed by atoms with Crippen LogP contribution >= 0.6 is 20.7 Å². The van der Waals surface area contributed by atoms with E-state index in [4.69, 9.17) is 4.74 Å². The molecule has 184 valence electrons. The van der Waals surface area contributed by atoms with Crippen LogP contribution in [0.5, 0.6) is 5.75 Å². The highest BCUT2D eigenvalue weighted by Gasteiger charge is 2.24. The highest BCUT2D eigenvalue weighted by atomic mass is 127. The number of rotatable bonds is 6. The number of pyridine rings is 1.